The lowest BCUT2D eigenvalue weighted by Crippen LogP contribution is -2.30. The monoisotopic (exact) mass is 166 g/mol. The van der Waals surface area contributed by atoms with Gasteiger partial charge < -0.3 is 0 Å². The van der Waals surface area contributed by atoms with Gasteiger partial charge in [-0.2, -0.15) is 0 Å². The van der Waals surface area contributed by atoms with Gasteiger partial charge in [-0.15, -0.1) is 10.2 Å². The first-order valence-corrected chi connectivity index (χ1v) is 4.05. The van der Waals surface area contributed by atoms with Gasteiger partial charge >= 0.3 is 0 Å². The van der Waals surface area contributed by atoms with Crippen LogP contribution < -0.4 is 0 Å². The zero-order chi connectivity index (χ0) is 11.0. The molecule has 6 heteroatoms. The predicted molar refractivity (Wildman–Crippen MR) is 64.3 cm³/mol. The van der Waals surface area contributed by atoms with Gasteiger partial charge in [0, 0.05) is 0 Å². The fourth-order valence-electron chi connectivity index (χ4n) is 1.06. The molecule has 0 saturated carbocycles. The maximum atomic E-state index is 5.50. The van der Waals surface area contributed by atoms with E-state index < -0.39 is 10.2 Å². The van der Waals surface area contributed by atoms with E-state index in [1.807, 2.05) is 0 Å². The highest BCUT2D eigenvalue weighted by Gasteiger charge is 2.16. The third kappa shape index (κ3) is 2.80. The highest BCUT2D eigenvalue weighted by molar-refractivity contribution is 6.59. The first-order valence-electron chi connectivity index (χ1n) is 4.05. The molecule has 1 aromatic carbocycles. The summed E-state index contributed by atoms with van der Waals surface area (Å²) in [4.78, 5) is 0. The highest BCUT2D eigenvalue weighted by atomic mass is 14.1. The average Bonchev–Trinajstić information content (AvgIpc) is 2.01. The van der Waals surface area contributed by atoms with Gasteiger partial charge in [-0.25, -0.2) is 0 Å². The number of rotatable bonds is 2. The van der Waals surface area contributed by atoms with Crippen molar-refractivity contribution < 1.29 is 0 Å². The summed E-state index contributed by atoms with van der Waals surface area (Å²) in [7, 11) is 33.0. The minimum atomic E-state index is -1.42. The fraction of sp³-hybridized carbons (Fsp3) is 0.250. The predicted octanol–water partition coefficient (Wildman–Crippen LogP) is -1.08. The molecule has 0 heterocycles. The molecule has 0 nitrogen and oxygen atoms in total. The lowest BCUT2D eigenvalue weighted by Gasteiger charge is -2.26. The Morgan fingerprint density at radius 3 is 1.36 bits per heavy atom. The summed E-state index contributed by atoms with van der Waals surface area (Å²) in [5.74, 6) is 0. The molecule has 0 bridgehead atoms. The summed E-state index contributed by atoms with van der Waals surface area (Å²) in [6, 6.07) is 6.62. The van der Waals surface area contributed by atoms with Crippen LogP contribution in [0.25, 0.3) is 0 Å². The molecule has 0 unspecified atom stereocenters. The van der Waals surface area contributed by atoms with Gasteiger partial charge in [-0.05, 0) is 0 Å². The smallest absolute Gasteiger partial charge is 0.0563 e. The standard InChI is InChI=1S/C8H4B6/c9-7(10,11)5-2-1-3-6(4-5)8(12,13)14/h1-4H. The van der Waals surface area contributed by atoms with Crippen LogP contribution in [0.4, 0.5) is 0 Å². The second kappa shape index (κ2) is 3.64. The summed E-state index contributed by atoms with van der Waals surface area (Å²) < 4.78 is 0. The number of hydrogen-bond donors (Lipinski definition) is 0. The normalized spacial score (nSPS) is 12.6. The fourth-order valence-corrected chi connectivity index (χ4v) is 1.06. The molecular formula is C8H4B6. The largest absolute Gasteiger partial charge is 0.106 e. The molecular weight excluding hydrogens is 161 g/mol. The first kappa shape index (κ1) is 11.7. The first-order chi connectivity index (χ1) is 6.21. The molecule has 14 heavy (non-hydrogen) atoms. The van der Waals surface area contributed by atoms with Crippen LogP contribution in [0.15, 0.2) is 24.3 Å². The van der Waals surface area contributed by atoms with E-state index in [9.17, 15) is 0 Å². The maximum Gasteiger partial charge on any atom is 0.0563 e. The Hall–Kier alpha value is -0.390. The molecule has 12 radical (unpaired) electrons. The van der Waals surface area contributed by atoms with Crippen LogP contribution in [0.2, 0.25) is 0 Å². The van der Waals surface area contributed by atoms with Crippen molar-refractivity contribution in [3.05, 3.63) is 35.4 Å². The van der Waals surface area contributed by atoms with Crippen molar-refractivity contribution in [1.82, 2.24) is 0 Å². The molecule has 0 atom stereocenters. The maximum absolute atomic E-state index is 5.50. The molecule has 1 rings (SSSR count). The Balaban J connectivity index is 3.15. The molecule has 0 aliphatic carbocycles. The summed E-state index contributed by atoms with van der Waals surface area (Å²) in [5, 5.41) is -2.83. The zero-order valence-electron chi connectivity index (χ0n) is 7.77. The van der Waals surface area contributed by atoms with Crippen molar-refractivity contribution in [3.63, 3.8) is 0 Å². The van der Waals surface area contributed by atoms with E-state index in [0.717, 1.165) is 0 Å². The van der Waals surface area contributed by atoms with Crippen molar-refractivity contribution in [1.29, 1.82) is 0 Å². The third-order valence-electron chi connectivity index (χ3n) is 1.86. The minimum absolute atomic E-state index is 0.515. The third-order valence-corrected chi connectivity index (χ3v) is 1.86. The Bertz CT molecular complexity index is 292. The van der Waals surface area contributed by atoms with Crippen molar-refractivity contribution in [2.75, 3.05) is 0 Å². The lowest BCUT2D eigenvalue weighted by atomic mass is 9.38. The van der Waals surface area contributed by atoms with Crippen LogP contribution in [-0.4, -0.2) is 47.1 Å². The van der Waals surface area contributed by atoms with E-state index in [0.29, 0.717) is 11.1 Å². The Morgan fingerprint density at radius 2 is 1.07 bits per heavy atom. The van der Waals surface area contributed by atoms with E-state index in [4.69, 9.17) is 47.1 Å². The summed E-state index contributed by atoms with van der Waals surface area (Å²) >= 11 is 0. The zero-order valence-corrected chi connectivity index (χ0v) is 7.77. The molecule has 1 aromatic rings. The van der Waals surface area contributed by atoms with Crippen molar-refractivity contribution in [3.8, 4) is 0 Å². The van der Waals surface area contributed by atoms with Crippen LogP contribution in [0, 0.1) is 0 Å². The molecule has 0 N–H and O–H groups in total. The van der Waals surface area contributed by atoms with Gasteiger partial charge in [0.15, 0.2) is 0 Å². The molecule has 0 saturated heterocycles. The molecule has 0 aromatic heterocycles. The second-order valence-electron chi connectivity index (χ2n) is 3.45. The van der Waals surface area contributed by atoms with Crippen molar-refractivity contribution >= 4 is 47.1 Å². The molecule has 0 spiro atoms. The van der Waals surface area contributed by atoms with Crippen LogP contribution in [-0.2, 0) is 10.2 Å². The molecule has 0 fully saturated rings. The van der Waals surface area contributed by atoms with Gasteiger partial charge in [0.2, 0.25) is 0 Å². The Morgan fingerprint density at radius 1 is 0.714 bits per heavy atom. The minimum Gasteiger partial charge on any atom is -0.106 e. The van der Waals surface area contributed by atoms with Gasteiger partial charge in [0.25, 0.3) is 0 Å². The number of hydrogen-bond acceptors (Lipinski definition) is 0. The topological polar surface area (TPSA) is 0 Å². The molecule has 0 amide bonds. The summed E-state index contributed by atoms with van der Waals surface area (Å²) in [5.41, 5.74) is 1.03. The molecule has 0 aliphatic rings. The number of benzene rings is 1. The van der Waals surface area contributed by atoms with Gasteiger partial charge in [-0.3, -0.25) is 0 Å². The lowest BCUT2D eigenvalue weighted by molar-refractivity contribution is 1.16. The highest BCUT2D eigenvalue weighted by Crippen LogP contribution is 2.19. The van der Waals surface area contributed by atoms with E-state index >= 15 is 0 Å². The SMILES string of the molecule is [B]C([B])([B])c1cccc(C([B])([B])[B])c1. The Kier molecular flexibility index (Phi) is 3.04. The van der Waals surface area contributed by atoms with Crippen LogP contribution in [0.5, 0.6) is 0 Å². The van der Waals surface area contributed by atoms with Crippen LogP contribution in [0.1, 0.15) is 11.1 Å². The summed E-state index contributed by atoms with van der Waals surface area (Å²) in [6.45, 7) is 0. The second-order valence-corrected chi connectivity index (χ2v) is 3.45. The van der Waals surface area contributed by atoms with Crippen LogP contribution >= 0.6 is 0 Å². The Labute approximate surface area is 93.1 Å². The quantitative estimate of drug-likeness (QED) is 0.489. The van der Waals surface area contributed by atoms with Crippen LogP contribution in [0.3, 0.4) is 0 Å². The van der Waals surface area contributed by atoms with Gasteiger partial charge in [0.1, 0.15) is 0 Å². The molecule has 0 aliphatic heterocycles. The van der Waals surface area contributed by atoms with Crippen molar-refractivity contribution in [2.45, 2.75) is 10.2 Å². The van der Waals surface area contributed by atoms with E-state index in [2.05, 4.69) is 0 Å². The van der Waals surface area contributed by atoms with Gasteiger partial charge in [-0.1, -0.05) is 35.4 Å². The molecule has 54 valence electrons. The van der Waals surface area contributed by atoms with E-state index in [1.54, 1.807) is 24.3 Å². The van der Waals surface area contributed by atoms with E-state index in [-0.39, 0.29) is 0 Å². The summed E-state index contributed by atoms with van der Waals surface area (Å²) in [6.07, 6.45) is 0. The average molecular weight is 165 g/mol. The van der Waals surface area contributed by atoms with Crippen molar-refractivity contribution in [2.24, 2.45) is 0 Å². The van der Waals surface area contributed by atoms with Gasteiger partial charge in [0.05, 0.1) is 47.1 Å². The van der Waals surface area contributed by atoms with E-state index in [1.165, 1.54) is 0 Å².